The molecule has 2 heterocycles. The molecule has 1 atom stereocenters. The average molecular weight is 468 g/mol. The lowest BCUT2D eigenvalue weighted by molar-refractivity contribution is -0.119. The fourth-order valence-electron chi connectivity index (χ4n) is 3.40. The summed E-state index contributed by atoms with van der Waals surface area (Å²) in [5.41, 5.74) is 1.69. The zero-order valence-electron chi connectivity index (χ0n) is 14.8. The van der Waals surface area contributed by atoms with Crippen molar-refractivity contribution in [1.82, 2.24) is 14.9 Å². The van der Waals surface area contributed by atoms with Crippen molar-refractivity contribution in [2.75, 3.05) is 44.7 Å². The number of amides is 1. The first-order valence-corrected chi connectivity index (χ1v) is 10.6. The molecule has 1 fully saturated rings. The number of anilines is 1. The number of fused-ring (bicyclic) bond motifs is 1. The number of halogens is 2. The van der Waals surface area contributed by atoms with Crippen LogP contribution in [0.4, 0.5) is 5.69 Å². The Morgan fingerprint density at radius 3 is 2.77 bits per heavy atom. The van der Waals surface area contributed by atoms with Crippen LogP contribution in [0.5, 0.6) is 0 Å². The average Bonchev–Trinajstić information content (AvgIpc) is 2.96. The standard InChI is InChI=1S/C16H23BrN4O3S.ClH/c1-11-9-20(6-4-19-11)10-16(22)21-5-3-12-7-13(17)15(8-14(12)21)25(23,24)18-2;/h7-8,11,18-19H,3-6,9-10H2,1-2H3;1H/t11-;/m1./s1. The number of hydrogen-bond donors (Lipinski definition) is 2. The van der Waals surface area contributed by atoms with Crippen molar-refractivity contribution in [2.45, 2.75) is 24.3 Å². The molecule has 2 aliphatic rings. The second-order valence-electron chi connectivity index (χ2n) is 6.50. The monoisotopic (exact) mass is 466 g/mol. The van der Waals surface area contributed by atoms with E-state index in [0.717, 1.165) is 31.6 Å². The summed E-state index contributed by atoms with van der Waals surface area (Å²) in [4.78, 5) is 16.8. The maximum absolute atomic E-state index is 12.8. The maximum atomic E-state index is 12.8. The molecule has 0 unspecified atom stereocenters. The molecular formula is C16H24BrClN4O3S. The molecule has 10 heteroatoms. The lowest BCUT2D eigenvalue weighted by Gasteiger charge is -2.32. The van der Waals surface area contributed by atoms with Crippen LogP contribution in [-0.2, 0) is 21.2 Å². The Bertz CT molecular complexity index is 790. The molecule has 2 aliphatic heterocycles. The van der Waals surface area contributed by atoms with Crippen LogP contribution in [-0.4, -0.2) is 65.0 Å². The summed E-state index contributed by atoms with van der Waals surface area (Å²) >= 11 is 3.33. The molecule has 1 aromatic carbocycles. The van der Waals surface area contributed by atoms with Crippen LogP contribution in [0.1, 0.15) is 12.5 Å². The molecule has 26 heavy (non-hydrogen) atoms. The fourth-order valence-corrected chi connectivity index (χ4v) is 5.23. The van der Waals surface area contributed by atoms with Crippen LogP contribution in [0.15, 0.2) is 21.5 Å². The molecule has 0 radical (unpaired) electrons. The molecule has 1 saturated heterocycles. The molecule has 0 spiro atoms. The highest BCUT2D eigenvalue weighted by atomic mass is 79.9. The summed E-state index contributed by atoms with van der Waals surface area (Å²) in [6, 6.07) is 3.77. The molecule has 0 aromatic heterocycles. The zero-order chi connectivity index (χ0) is 18.2. The van der Waals surface area contributed by atoms with Crippen LogP contribution in [0.3, 0.4) is 0 Å². The van der Waals surface area contributed by atoms with E-state index in [4.69, 9.17) is 0 Å². The predicted molar refractivity (Wildman–Crippen MR) is 108 cm³/mol. The van der Waals surface area contributed by atoms with Crippen molar-refractivity contribution < 1.29 is 13.2 Å². The third kappa shape index (κ3) is 4.40. The van der Waals surface area contributed by atoms with E-state index in [9.17, 15) is 13.2 Å². The van der Waals surface area contributed by atoms with Crippen molar-refractivity contribution >= 4 is 50.0 Å². The van der Waals surface area contributed by atoms with E-state index in [1.807, 2.05) is 0 Å². The van der Waals surface area contributed by atoms with Gasteiger partial charge in [0.25, 0.3) is 0 Å². The number of benzene rings is 1. The smallest absolute Gasteiger partial charge is 0.241 e. The normalized spacial score (nSPS) is 20.6. The highest BCUT2D eigenvalue weighted by molar-refractivity contribution is 9.10. The molecule has 3 rings (SSSR count). The maximum Gasteiger partial charge on any atom is 0.241 e. The SMILES string of the molecule is CNS(=O)(=O)c1cc2c(cc1Br)CCN2C(=O)CN1CCN[C@H](C)C1.Cl. The van der Waals surface area contributed by atoms with Crippen LogP contribution in [0.2, 0.25) is 0 Å². The van der Waals surface area contributed by atoms with Gasteiger partial charge in [0.15, 0.2) is 0 Å². The Labute approximate surface area is 169 Å². The van der Waals surface area contributed by atoms with Gasteiger partial charge in [0.05, 0.1) is 11.4 Å². The van der Waals surface area contributed by atoms with Crippen molar-refractivity contribution in [3.8, 4) is 0 Å². The molecule has 0 saturated carbocycles. The van der Waals surface area contributed by atoms with Gasteiger partial charge < -0.3 is 10.2 Å². The molecule has 0 bridgehead atoms. The summed E-state index contributed by atoms with van der Waals surface area (Å²) in [5, 5.41) is 3.36. The minimum atomic E-state index is -3.59. The minimum absolute atomic E-state index is 0. The van der Waals surface area contributed by atoms with Crippen molar-refractivity contribution in [3.05, 3.63) is 22.2 Å². The highest BCUT2D eigenvalue weighted by Gasteiger charge is 2.30. The number of piperazine rings is 1. The molecule has 7 nitrogen and oxygen atoms in total. The number of carbonyl (C=O) groups excluding carboxylic acids is 1. The summed E-state index contributed by atoms with van der Waals surface area (Å²) in [5.74, 6) is 0.0166. The molecular weight excluding hydrogens is 444 g/mol. The van der Waals surface area contributed by atoms with Crippen LogP contribution >= 0.6 is 28.3 Å². The molecule has 1 aromatic rings. The lowest BCUT2D eigenvalue weighted by atomic mass is 10.2. The second kappa shape index (κ2) is 8.53. The van der Waals surface area contributed by atoms with Gasteiger partial charge in [0.1, 0.15) is 0 Å². The molecule has 2 N–H and O–H groups in total. The Morgan fingerprint density at radius 1 is 1.38 bits per heavy atom. The number of nitrogens with zero attached hydrogens (tertiary/aromatic N) is 2. The van der Waals surface area contributed by atoms with Gasteiger partial charge in [-0.05, 0) is 54.0 Å². The van der Waals surface area contributed by atoms with Gasteiger partial charge in [-0.3, -0.25) is 9.69 Å². The summed E-state index contributed by atoms with van der Waals surface area (Å²) < 4.78 is 27.2. The van der Waals surface area contributed by atoms with E-state index in [2.05, 4.69) is 37.8 Å². The van der Waals surface area contributed by atoms with Crippen molar-refractivity contribution in [3.63, 3.8) is 0 Å². The van der Waals surface area contributed by atoms with Crippen LogP contribution in [0.25, 0.3) is 0 Å². The fraction of sp³-hybridized carbons (Fsp3) is 0.562. The summed E-state index contributed by atoms with van der Waals surface area (Å²) in [6.07, 6.45) is 0.734. The molecule has 0 aliphatic carbocycles. The number of hydrogen-bond acceptors (Lipinski definition) is 5. The first kappa shape index (κ1) is 21.6. The first-order chi connectivity index (χ1) is 11.8. The third-order valence-electron chi connectivity index (χ3n) is 4.70. The first-order valence-electron chi connectivity index (χ1n) is 8.34. The second-order valence-corrected chi connectivity index (χ2v) is 9.21. The van der Waals surface area contributed by atoms with E-state index in [1.54, 1.807) is 17.0 Å². The molecule has 146 valence electrons. The lowest BCUT2D eigenvalue weighted by Crippen LogP contribution is -2.52. The van der Waals surface area contributed by atoms with Crippen LogP contribution < -0.4 is 14.9 Å². The van der Waals surface area contributed by atoms with Gasteiger partial charge in [-0.2, -0.15) is 0 Å². The molecule has 1 amide bonds. The Morgan fingerprint density at radius 2 is 2.12 bits per heavy atom. The Hall–Kier alpha value is -0.710. The highest BCUT2D eigenvalue weighted by Crippen LogP contribution is 2.35. The van der Waals surface area contributed by atoms with E-state index in [1.165, 1.54) is 7.05 Å². The Balaban J connectivity index is 0.00000243. The zero-order valence-corrected chi connectivity index (χ0v) is 18.0. The number of carbonyl (C=O) groups is 1. The van der Waals surface area contributed by atoms with Gasteiger partial charge in [0, 0.05) is 42.4 Å². The van der Waals surface area contributed by atoms with Crippen molar-refractivity contribution in [2.24, 2.45) is 0 Å². The predicted octanol–water partition coefficient (Wildman–Crippen LogP) is 0.962. The van der Waals surface area contributed by atoms with E-state index in [0.29, 0.717) is 29.3 Å². The van der Waals surface area contributed by atoms with Crippen LogP contribution in [0, 0.1) is 0 Å². The quantitative estimate of drug-likeness (QED) is 0.689. The van der Waals surface area contributed by atoms with Gasteiger partial charge in [-0.1, -0.05) is 0 Å². The van der Waals surface area contributed by atoms with Gasteiger partial charge in [0.2, 0.25) is 15.9 Å². The topological polar surface area (TPSA) is 81.8 Å². The van der Waals surface area contributed by atoms with Gasteiger partial charge in [-0.15, -0.1) is 12.4 Å². The summed E-state index contributed by atoms with van der Waals surface area (Å²) in [6.45, 7) is 5.61. The van der Waals surface area contributed by atoms with Gasteiger partial charge in [-0.25, -0.2) is 13.1 Å². The largest absolute Gasteiger partial charge is 0.312 e. The number of sulfonamides is 1. The van der Waals surface area contributed by atoms with Crippen molar-refractivity contribution in [1.29, 1.82) is 0 Å². The third-order valence-corrected chi connectivity index (χ3v) is 7.07. The van der Waals surface area contributed by atoms with E-state index < -0.39 is 10.0 Å². The Kier molecular flexibility index (Phi) is 7.09. The number of rotatable bonds is 4. The summed E-state index contributed by atoms with van der Waals surface area (Å²) in [7, 11) is -2.21. The minimum Gasteiger partial charge on any atom is -0.312 e. The number of nitrogens with one attached hydrogen (secondary N) is 2. The van der Waals surface area contributed by atoms with Gasteiger partial charge >= 0.3 is 0 Å². The van der Waals surface area contributed by atoms with E-state index in [-0.39, 0.29) is 23.2 Å². The van der Waals surface area contributed by atoms with E-state index >= 15 is 0 Å².